The summed E-state index contributed by atoms with van der Waals surface area (Å²) in [5.74, 6) is 0.740. The van der Waals surface area contributed by atoms with E-state index < -0.39 is 0 Å². The molecule has 0 aromatic heterocycles. The van der Waals surface area contributed by atoms with Gasteiger partial charge in [0.05, 0.1) is 7.11 Å². The molecular weight excluding hydrogens is 302 g/mol. The van der Waals surface area contributed by atoms with E-state index in [9.17, 15) is 9.59 Å². The Hall–Kier alpha value is -2.62. The highest BCUT2D eigenvalue weighted by atomic mass is 16.5. The van der Waals surface area contributed by atoms with Crippen LogP contribution in [0, 0.1) is 6.92 Å². The molecule has 0 aliphatic rings. The molecule has 126 valence electrons. The van der Waals surface area contributed by atoms with Gasteiger partial charge in [0, 0.05) is 24.9 Å². The molecule has 0 radical (unpaired) electrons. The summed E-state index contributed by atoms with van der Waals surface area (Å²) in [6.07, 6.45) is 1.27. The molecule has 4 nitrogen and oxygen atoms in total. The number of nitrogens with one attached hydrogen (secondary N) is 1. The largest absolute Gasteiger partial charge is 0.497 e. The summed E-state index contributed by atoms with van der Waals surface area (Å²) >= 11 is 0. The summed E-state index contributed by atoms with van der Waals surface area (Å²) in [6.45, 7) is 2.55. The van der Waals surface area contributed by atoms with Crippen LogP contribution in [0.2, 0.25) is 0 Å². The van der Waals surface area contributed by atoms with Gasteiger partial charge in [-0.25, -0.2) is 0 Å². The molecule has 0 bridgehead atoms. The van der Waals surface area contributed by atoms with Crippen molar-refractivity contribution in [3.8, 4) is 5.75 Å². The second kappa shape index (κ2) is 8.87. The van der Waals surface area contributed by atoms with Gasteiger partial charge in [-0.2, -0.15) is 0 Å². The van der Waals surface area contributed by atoms with Crippen LogP contribution in [-0.2, 0) is 11.3 Å². The van der Waals surface area contributed by atoms with Crippen molar-refractivity contribution in [1.29, 1.82) is 0 Å². The predicted molar refractivity (Wildman–Crippen MR) is 94.2 cm³/mol. The molecule has 0 fully saturated rings. The SMILES string of the molecule is COc1ccc(C(=O)CCCC(=O)NCc2ccc(C)cc2)cc1. The molecule has 0 saturated heterocycles. The van der Waals surface area contributed by atoms with Gasteiger partial charge in [0.25, 0.3) is 0 Å². The molecule has 0 aliphatic heterocycles. The normalized spacial score (nSPS) is 10.2. The topological polar surface area (TPSA) is 55.4 Å². The van der Waals surface area contributed by atoms with Crippen molar-refractivity contribution in [3.05, 3.63) is 65.2 Å². The average Bonchev–Trinajstić information content (AvgIpc) is 2.61. The van der Waals surface area contributed by atoms with Crippen LogP contribution in [0.15, 0.2) is 48.5 Å². The number of Topliss-reactive ketones (excluding diaryl/α,β-unsaturated/α-hetero) is 1. The number of hydrogen-bond donors (Lipinski definition) is 1. The zero-order valence-corrected chi connectivity index (χ0v) is 14.2. The fraction of sp³-hybridized carbons (Fsp3) is 0.300. The van der Waals surface area contributed by atoms with Gasteiger partial charge in [-0.3, -0.25) is 9.59 Å². The number of carbonyl (C=O) groups excluding carboxylic acids is 2. The first-order valence-electron chi connectivity index (χ1n) is 8.08. The number of carbonyl (C=O) groups is 2. The number of ketones is 1. The number of methoxy groups -OCH3 is 1. The third-order valence-electron chi connectivity index (χ3n) is 3.83. The Morgan fingerprint density at radius 2 is 1.62 bits per heavy atom. The summed E-state index contributed by atoms with van der Waals surface area (Å²) in [4.78, 5) is 23.9. The molecule has 4 heteroatoms. The van der Waals surface area contributed by atoms with Crippen molar-refractivity contribution in [1.82, 2.24) is 5.32 Å². The number of ether oxygens (including phenoxy) is 1. The Morgan fingerprint density at radius 1 is 0.958 bits per heavy atom. The maximum absolute atomic E-state index is 12.1. The van der Waals surface area contributed by atoms with E-state index in [0.717, 1.165) is 11.3 Å². The maximum Gasteiger partial charge on any atom is 0.220 e. The Morgan fingerprint density at radius 3 is 2.25 bits per heavy atom. The first kappa shape index (κ1) is 17.7. The van der Waals surface area contributed by atoms with Gasteiger partial charge in [0.2, 0.25) is 5.91 Å². The van der Waals surface area contributed by atoms with Gasteiger partial charge in [0.1, 0.15) is 5.75 Å². The van der Waals surface area contributed by atoms with Crippen LogP contribution in [0.4, 0.5) is 0 Å². The number of benzene rings is 2. The molecule has 24 heavy (non-hydrogen) atoms. The molecule has 2 aromatic rings. The van der Waals surface area contributed by atoms with Crippen molar-refractivity contribution in [2.24, 2.45) is 0 Å². The third kappa shape index (κ3) is 5.54. The van der Waals surface area contributed by atoms with Gasteiger partial charge in [-0.15, -0.1) is 0 Å². The van der Waals surface area contributed by atoms with Gasteiger partial charge < -0.3 is 10.1 Å². The summed E-state index contributed by atoms with van der Waals surface area (Å²) in [6, 6.07) is 15.1. The van der Waals surface area contributed by atoms with E-state index in [0.29, 0.717) is 31.4 Å². The van der Waals surface area contributed by atoms with Crippen molar-refractivity contribution in [2.45, 2.75) is 32.7 Å². The van der Waals surface area contributed by atoms with Crippen LogP contribution in [0.5, 0.6) is 5.75 Å². The smallest absolute Gasteiger partial charge is 0.220 e. The van der Waals surface area contributed by atoms with E-state index in [1.54, 1.807) is 31.4 Å². The highest BCUT2D eigenvalue weighted by Crippen LogP contribution is 2.13. The monoisotopic (exact) mass is 325 g/mol. The third-order valence-corrected chi connectivity index (χ3v) is 3.83. The lowest BCUT2D eigenvalue weighted by molar-refractivity contribution is -0.121. The van der Waals surface area contributed by atoms with Gasteiger partial charge >= 0.3 is 0 Å². The predicted octanol–water partition coefficient (Wildman–Crippen LogP) is 3.67. The number of amides is 1. The molecule has 2 aromatic carbocycles. The second-order valence-electron chi connectivity index (χ2n) is 5.77. The van der Waals surface area contributed by atoms with E-state index in [1.165, 1.54) is 5.56 Å². The van der Waals surface area contributed by atoms with Crippen LogP contribution in [0.25, 0.3) is 0 Å². The quantitative estimate of drug-likeness (QED) is 0.753. The molecule has 0 saturated carbocycles. The second-order valence-corrected chi connectivity index (χ2v) is 5.77. The minimum absolute atomic E-state index is 0.0295. The molecule has 0 unspecified atom stereocenters. The van der Waals surface area contributed by atoms with Crippen LogP contribution in [0.1, 0.15) is 40.7 Å². The Kier molecular flexibility index (Phi) is 6.55. The van der Waals surface area contributed by atoms with Gasteiger partial charge in [-0.1, -0.05) is 29.8 Å². The number of hydrogen-bond acceptors (Lipinski definition) is 3. The summed E-state index contributed by atoms with van der Waals surface area (Å²) in [7, 11) is 1.59. The van der Waals surface area contributed by atoms with E-state index in [4.69, 9.17) is 4.74 Å². The standard InChI is InChI=1S/C20H23NO3/c1-15-6-8-16(9-7-15)14-21-20(23)5-3-4-19(22)17-10-12-18(24-2)13-11-17/h6-13H,3-5,14H2,1-2H3,(H,21,23). The van der Waals surface area contributed by atoms with Crippen molar-refractivity contribution in [2.75, 3.05) is 7.11 Å². The number of aryl methyl sites for hydroxylation is 1. The molecule has 2 rings (SSSR count). The summed E-state index contributed by atoms with van der Waals surface area (Å²) in [5.41, 5.74) is 2.92. The molecule has 0 aliphatic carbocycles. The van der Waals surface area contributed by atoms with Crippen molar-refractivity contribution in [3.63, 3.8) is 0 Å². The Bertz CT molecular complexity index is 675. The van der Waals surface area contributed by atoms with E-state index in [1.807, 2.05) is 31.2 Å². The summed E-state index contributed by atoms with van der Waals surface area (Å²) < 4.78 is 5.07. The van der Waals surface area contributed by atoms with Crippen molar-refractivity contribution >= 4 is 11.7 Å². The Labute approximate surface area is 142 Å². The molecule has 1 N–H and O–H groups in total. The van der Waals surface area contributed by atoms with Crippen LogP contribution >= 0.6 is 0 Å². The molecule has 0 spiro atoms. The zero-order chi connectivity index (χ0) is 17.4. The van der Waals surface area contributed by atoms with Gasteiger partial charge in [-0.05, 0) is 43.2 Å². The zero-order valence-electron chi connectivity index (χ0n) is 14.2. The average molecular weight is 325 g/mol. The fourth-order valence-corrected chi connectivity index (χ4v) is 2.33. The van der Waals surface area contributed by atoms with Crippen LogP contribution < -0.4 is 10.1 Å². The van der Waals surface area contributed by atoms with E-state index in [2.05, 4.69) is 5.32 Å². The van der Waals surface area contributed by atoms with Crippen LogP contribution in [-0.4, -0.2) is 18.8 Å². The first-order valence-corrected chi connectivity index (χ1v) is 8.08. The summed E-state index contributed by atoms with van der Waals surface area (Å²) in [5, 5.41) is 2.88. The first-order chi connectivity index (χ1) is 11.6. The minimum atomic E-state index is -0.0295. The van der Waals surface area contributed by atoms with E-state index in [-0.39, 0.29) is 11.7 Å². The highest BCUT2D eigenvalue weighted by Gasteiger charge is 2.08. The lowest BCUT2D eigenvalue weighted by atomic mass is 10.1. The van der Waals surface area contributed by atoms with E-state index >= 15 is 0 Å². The lowest BCUT2D eigenvalue weighted by Gasteiger charge is -2.06. The molecule has 0 heterocycles. The lowest BCUT2D eigenvalue weighted by Crippen LogP contribution is -2.22. The Balaban J connectivity index is 1.69. The fourth-order valence-electron chi connectivity index (χ4n) is 2.33. The minimum Gasteiger partial charge on any atom is -0.497 e. The van der Waals surface area contributed by atoms with Crippen LogP contribution in [0.3, 0.4) is 0 Å². The molecule has 0 atom stereocenters. The van der Waals surface area contributed by atoms with Crippen molar-refractivity contribution < 1.29 is 14.3 Å². The maximum atomic E-state index is 12.1. The molecule has 1 amide bonds. The van der Waals surface area contributed by atoms with Gasteiger partial charge in [0.15, 0.2) is 5.78 Å². The molecular formula is C20H23NO3. The number of rotatable bonds is 8. The highest BCUT2D eigenvalue weighted by molar-refractivity contribution is 5.96.